The van der Waals surface area contributed by atoms with Crippen molar-refractivity contribution in [2.24, 2.45) is 5.92 Å². The molecule has 2 amide bonds. The minimum Gasteiger partial charge on any atom is -0.495 e. The second-order valence-electron chi connectivity index (χ2n) is 6.86. The smallest absolute Gasteiger partial charge is 0.228 e. The number of hydrogen-bond donors (Lipinski definition) is 0. The molecule has 5 nitrogen and oxygen atoms in total. The zero-order chi connectivity index (χ0) is 19.6. The molecule has 1 fully saturated rings. The molecule has 6 heteroatoms. The van der Waals surface area contributed by atoms with Gasteiger partial charge in [0.15, 0.2) is 0 Å². The van der Waals surface area contributed by atoms with E-state index in [1.165, 1.54) is 0 Å². The molecule has 0 aromatic heterocycles. The summed E-state index contributed by atoms with van der Waals surface area (Å²) in [6.07, 6.45) is 0.197. The van der Waals surface area contributed by atoms with Crippen LogP contribution in [0.3, 0.4) is 0 Å². The predicted molar refractivity (Wildman–Crippen MR) is 106 cm³/mol. The fraction of sp³-hybridized carbons (Fsp3) is 0.333. The van der Waals surface area contributed by atoms with Crippen LogP contribution in [0.5, 0.6) is 5.75 Å². The highest BCUT2D eigenvalue weighted by molar-refractivity contribution is 6.31. The van der Waals surface area contributed by atoms with Crippen LogP contribution in [0.4, 0.5) is 5.69 Å². The van der Waals surface area contributed by atoms with Gasteiger partial charge in [0.1, 0.15) is 5.75 Å². The van der Waals surface area contributed by atoms with Crippen LogP contribution < -0.4 is 9.64 Å². The Morgan fingerprint density at radius 1 is 1.30 bits per heavy atom. The van der Waals surface area contributed by atoms with Gasteiger partial charge in [-0.25, -0.2) is 0 Å². The largest absolute Gasteiger partial charge is 0.495 e. The Morgan fingerprint density at radius 2 is 2.00 bits per heavy atom. The molecule has 3 rings (SSSR count). The maximum absolute atomic E-state index is 12.8. The van der Waals surface area contributed by atoms with E-state index in [0.717, 1.165) is 11.1 Å². The molecule has 1 saturated heterocycles. The number of anilines is 1. The summed E-state index contributed by atoms with van der Waals surface area (Å²) in [5, 5.41) is 0.581. The first-order valence-electron chi connectivity index (χ1n) is 8.84. The van der Waals surface area contributed by atoms with Crippen LogP contribution in [-0.2, 0) is 16.1 Å². The van der Waals surface area contributed by atoms with E-state index >= 15 is 0 Å². The first kappa shape index (κ1) is 19.2. The summed E-state index contributed by atoms with van der Waals surface area (Å²) >= 11 is 6.16. The molecule has 0 spiro atoms. The maximum atomic E-state index is 12.8. The van der Waals surface area contributed by atoms with E-state index in [9.17, 15) is 9.59 Å². The van der Waals surface area contributed by atoms with Crippen molar-refractivity contribution in [1.82, 2.24) is 4.90 Å². The summed E-state index contributed by atoms with van der Waals surface area (Å²) in [7, 11) is 3.32. The highest BCUT2D eigenvalue weighted by Gasteiger charge is 2.37. The number of rotatable bonds is 5. The molecule has 0 bridgehead atoms. The number of carbonyl (C=O) groups is 2. The summed E-state index contributed by atoms with van der Waals surface area (Å²) in [4.78, 5) is 28.8. The number of ether oxygens (including phenoxy) is 1. The van der Waals surface area contributed by atoms with Crippen LogP contribution in [0, 0.1) is 12.8 Å². The number of benzene rings is 2. The third-order valence-electron chi connectivity index (χ3n) is 4.86. The molecule has 2 aromatic carbocycles. The average Bonchev–Trinajstić information content (AvgIpc) is 3.05. The molecule has 1 unspecified atom stereocenters. The van der Waals surface area contributed by atoms with E-state index in [0.29, 0.717) is 29.5 Å². The Kier molecular flexibility index (Phi) is 5.71. The van der Waals surface area contributed by atoms with Gasteiger partial charge >= 0.3 is 0 Å². The van der Waals surface area contributed by atoms with Gasteiger partial charge in [0.2, 0.25) is 11.8 Å². The van der Waals surface area contributed by atoms with Gasteiger partial charge < -0.3 is 14.5 Å². The molecule has 1 aliphatic heterocycles. The average molecular weight is 387 g/mol. The Morgan fingerprint density at radius 3 is 2.67 bits per heavy atom. The number of nitrogens with zero attached hydrogens (tertiary/aromatic N) is 2. The van der Waals surface area contributed by atoms with Gasteiger partial charge in [-0.05, 0) is 24.1 Å². The number of amides is 2. The highest BCUT2D eigenvalue weighted by atomic mass is 35.5. The minimum atomic E-state index is -0.369. The van der Waals surface area contributed by atoms with Crippen molar-refractivity contribution < 1.29 is 14.3 Å². The molecule has 1 aliphatic rings. The first-order chi connectivity index (χ1) is 12.9. The molecule has 27 heavy (non-hydrogen) atoms. The number of methoxy groups -OCH3 is 1. The van der Waals surface area contributed by atoms with Crippen molar-refractivity contribution in [3.63, 3.8) is 0 Å². The van der Waals surface area contributed by atoms with Crippen molar-refractivity contribution in [1.29, 1.82) is 0 Å². The molecule has 2 aromatic rings. The van der Waals surface area contributed by atoms with Gasteiger partial charge in [0.05, 0.1) is 18.7 Å². The third-order valence-corrected chi connectivity index (χ3v) is 5.27. The van der Waals surface area contributed by atoms with Crippen LogP contribution in [0.1, 0.15) is 17.5 Å². The van der Waals surface area contributed by atoms with Crippen molar-refractivity contribution in [3.8, 4) is 5.75 Å². The maximum Gasteiger partial charge on any atom is 0.228 e. The molecule has 0 aliphatic carbocycles. The third kappa shape index (κ3) is 4.08. The van der Waals surface area contributed by atoms with Crippen molar-refractivity contribution in [3.05, 3.63) is 58.6 Å². The number of halogens is 1. The van der Waals surface area contributed by atoms with Crippen LogP contribution in [0.2, 0.25) is 5.02 Å². The molecular weight excluding hydrogens is 364 g/mol. The van der Waals surface area contributed by atoms with Crippen LogP contribution in [-0.4, -0.2) is 37.4 Å². The molecule has 0 N–H and O–H groups in total. The van der Waals surface area contributed by atoms with Crippen molar-refractivity contribution >= 4 is 29.1 Å². The van der Waals surface area contributed by atoms with Gasteiger partial charge in [-0.2, -0.15) is 0 Å². The summed E-state index contributed by atoms with van der Waals surface area (Å²) < 4.78 is 5.39. The van der Waals surface area contributed by atoms with E-state index in [1.807, 2.05) is 43.3 Å². The molecule has 0 saturated carbocycles. The van der Waals surface area contributed by atoms with E-state index in [2.05, 4.69) is 0 Å². The van der Waals surface area contributed by atoms with Crippen LogP contribution in [0.25, 0.3) is 0 Å². The Labute approximate surface area is 164 Å². The van der Waals surface area contributed by atoms with Gasteiger partial charge in [0.25, 0.3) is 0 Å². The summed E-state index contributed by atoms with van der Waals surface area (Å²) in [6, 6.07) is 13.3. The monoisotopic (exact) mass is 386 g/mol. The lowest BCUT2D eigenvalue weighted by Gasteiger charge is -2.23. The van der Waals surface area contributed by atoms with E-state index < -0.39 is 0 Å². The summed E-state index contributed by atoms with van der Waals surface area (Å²) in [5.74, 6) is 0.0532. The molecule has 1 heterocycles. The van der Waals surface area contributed by atoms with Crippen molar-refractivity contribution in [2.45, 2.75) is 19.9 Å². The van der Waals surface area contributed by atoms with E-state index in [4.69, 9.17) is 16.3 Å². The second kappa shape index (κ2) is 8.01. The number of hydrogen-bond acceptors (Lipinski definition) is 3. The normalized spacial score (nSPS) is 16.5. The standard InChI is InChI=1S/C21H23ClN2O3/c1-14-9-18(19(27-3)11-17(14)22)24-13-16(10-20(24)25)21(26)23(2)12-15-7-5-4-6-8-15/h4-9,11,16H,10,12-13H2,1-3H3. The summed E-state index contributed by atoms with van der Waals surface area (Å²) in [5.41, 5.74) is 2.58. The lowest BCUT2D eigenvalue weighted by atomic mass is 10.1. The molecule has 142 valence electrons. The molecule has 0 radical (unpaired) electrons. The highest BCUT2D eigenvalue weighted by Crippen LogP contribution is 2.37. The topological polar surface area (TPSA) is 49.9 Å². The molecular formula is C21H23ClN2O3. The Hall–Kier alpha value is -2.53. The summed E-state index contributed by atoms with van der Waals surface area (Å²) in [6.45, 7) is 2.74. The minimum absolute atomic E-state index is 0.0284. The lowest BCUT2D eigenvalue weighted by Crippen LogP contribution is -2.34. The zero-order valence-corrected chi connectivity index (χ0v) is 16.5. The zero-order valence-electron chi connectivity index (χ0n) is 15.7. The van der Waals surface area contributed by atoms with Crippen molar-refractivity contribution in [2.75, 3.05) is 25.6 Å². The molecule has 1 atom stereocenters. The number of aryl methyl sites for hydroxylation is 1. The Balaban J connectivity index is 1.75. The number of carbonyl (C=O) groups excluding carboxylic acids is 2. The first-order valence-corrected chi connectivity index (χ1v) is 9.22. The second-order valence-corrected chi connectivity index (χ2v) is 7.27. The fourth-order valence-electron chi connectivity index (χ4n) is 3.38. The van der Waals surface area contributed by atoms with Crippen LogP contribution >= 0.6 is 11.6 Å². The van der Waals surface area contributed by atoms with E-state index in [-0.39, 0.29) is 24.2 Å². The van der Waals surface area contributed by atoms with Gasteiger partial charge in [-0.3, -0.25) is 9.59 Å². The fourth-order valence-corrected chi connectivity index (χ4v) is 3.53. The van der Waals surface area contributed by atoms with Gasteiger partial charge in [-0.15, -0.1) is 0 Å². The quantitative estimate of drug-likeness (QED) is 0.787. The van der Waals surface area contributed by atoms with Crippen LogP contribution in [0.15, 0.2) is 42.5 Å². The van der Waals surface area contributed by atoms with E-state index in [1.54, 1.807) is 30.0 Å². The van der Waals surface area contributed by atoms with Gasteiger partial charge in [0, 0.05) is 37.6 Å². The predicted octanol–water partition coefficient (Wildman–Crippen LogP) is 3.67. The van der Waals surface area contributed by atoms with Gasteiger partial charge in [-0.1, -0.05) is 41.9 Å². The lowest BCUT2D eigenvalue weighted by molar-refractivity contribution is -0.135. The SMILES string of the molecule is COc1cc(Cl)c(C)cc1N1CC(C(=O)N(C)Cc2ccccc2)CC1=O. The Bertz CT molecular complexity index is 854.